The topological polar surface area (TPSA) is 81.4 Å². The van der Waals surface area contributed by atoms with Gasteiger partial charge in [0.2, 0.25) is 10.0 Å². The maximum absolute atomic E-state index is 11.6. The summed E-state index contributed by atoms with van der Waals surface area (Å²) in [5, 5.41) is 8.54. The van der Waals surface area contributed by atoms with Crippen molar-refractivity contribution in [1.82, 2.24) is 0 Å². The molecule has 1 saturated carbocycles. The van der Waals surface area contributed by atoms with Crippen LogP contribution in [0, 0.1) is 5.41 Å². The summed E-state index contributed by atoms with van der Waals surface area (Å²) in [7, 11) is -3.72. The zero-order valence-corrected chi connectivity index (χ0v) is 12.9. The lowest BCUT2D eigenvalue weighted by Crippen LogP contribution is -2.58. The molecule has 0 heterocycles. The van der Waals surface area contributed by atoms with Gasteiger partial charge in [0.1, 0.15) is 4.90 Å². The fourth-order valence-corrected chi connectivity index (χ4v) is 3.34. The van der Waals surface area contributed by atoms with Crippen LogP contribution in [0.1, 0.15) is 27.2 Å². The molecule has 2 rings (SSSR count). The van der Waals surface area contributed by atoms with Crippen LogP contribution in [0.2, 0.25) is 0 Å². The molecule has 0 bridgehead atoms. The van der Waals surface area contributed by atoms with E-state index in [-0.39, 0.29) is 22.5 Å². The molecule has 5 nitrogen and oxygen atoms in total. The van der Waals surface area contributed by atoms with Crippen LogP contribution in [-0.2, 0) is 14.8 Å². The Bertz CT molecular complexity index is 584. The van der Waals surface area contributed by atoms with Crippen molar-refractivity contribution in [3.05, 3.63) is 24.3 Å². The first-order valence-electron chi connectivity index (χ1n) is 6.76. The third kappa shape index (κ3) is 2.82. The minimum Gasteiger partial charge on any atom is -0.380 e. The molecule has 2 unspecified atom stereocenters. The van der Waals surface area contributed by atoms with E-state index in [2.05, 4.69) is 19.2 Å². The molecule has 112 valence electrons. The second-order valence-electron chi connectivity index (χ2n) is 5.74. The SMILES string of the molecule is CCOC1CC(Nc2ccccc2S(N)(=O)=O)C1(C)C. The van der Waals surface area contributed by atoms with Crippen molar-refractivity contribution in [2.24, 2.45) is 10.6 Å². The maximum Gasteiger partial charge on any atom is 0.240 e. The third-order valence-corrected chi connectivity index (χ3v) is 5.04. The lowest BCUT2D eigenvalue weighted by molar-refractivity contribution is -0.0976. The van der Waals surface area contributed by atoms with Crippen molar-refractivity contribution < 1.29 is 13.2 Å². The van der Waals surface area contributed by atoms with Gasteiger partial charge in [-0.05, 0) is 25.5 Å². The summed E-state index contributed by atoms with van der Waals surface area (Å²) >= 11 is 0. The molecule has 0 spiro atoms. The van der Waals surface area contributed by atoms with Gasteiger partial charge in [-0.25, -0.2) is 13.6 Å². The number of anilines is 1. The largest absolute Gasteiger partial charge is 0.380 e. The van der Waals surface area contributed by atoms with Gasteiger partial charge in [0.25, 0.3) is 0 Å². The molecule has 2 atom stereocenters. The van der Waals surface area contributed by atoms with E-state index in [9.17, 15) is 8.42 Å². The Balaban J connectivity index is 2.17. The molecule has 0 amide bonds. The zero-order chi connectivity index (χ0) is 15.0. The lowest BCUT2D eigenvalue weighted by Gasteiger charge is -2.52. The van der Waals surface area contributed by atoms with E-state index in [0.29, 0.717) is 12.3 Å². The number of benzene rings is 1. The Morgan fingerprint density at radius 3 is 2.60 bits per heavy atom. The monoisotopic (exact) mass is 298 g/mol. The van der Waals surface area contributed by atoms with Crippen LogP contribution in [0.5, 0.6) is 0 Å². The first kappa shape index (κ1) is 15.3. The molecular formula is C14H22N2O3S. The summed E-state index contributed by atoms with van der Waals surface area (Å²) in [6.45, 7) is 6.91. The summed E-state index contributed by atoms with van der Waals surface area (Å²) in [4.78, 5) is 0.135. The van der Waals surface area contributed by atoms with E-state index in [1.807, 2.05) is 6.92 Å². The predicted molar refractivity (Wildman–Crippen MR) is 79.0 cm³/mol. The van der Waals surface area contributed by atoms with Gasteiger partial charge >= 0.3 is 0 Å². The van der Waals surface area contributed by atoms with Crippen LogP contribution in [0.25, 0.3) is 0 Å². The minimum atomic E-state index is -3.72. The van der Waals surface area contributed by atoms with Crippen molar-refractivity contribution in [1.29, 1.82) is 0 Å². The van der Waals surface area contributed by atoms with E-state index in [4.69, 9.17) is 9.88 Å². The Labute approximate surface area is 120 Å². The highest BCUT2D eigenvalue weighted by molar-refractivity contribution is 7.89. The lowest BCUT2D eigenvalue weighted by atomic mass is 9.64. The molecule has 1 aliphatic carbocycles. The van der Waals surface area contributed by atoms with E-state index in [1.54, 1.807) is 18.2 Å². The number of para-hydroxylation sites is 1. The molecule has 0 aliphatic heterocycles. The third-order valence-electron chi connectivity index (χ3n) is 4.07. The van der Waals surface area contributed by atoms with Gasteiger partial charge in [-0.3, -0.25) is 0 Å². The molecule has 0 radical (unpaired) electrons. The maximum atomic E-state index is 11.6. The molecule has 1 fully saturated rings. The molecule has 0 aromatic heterocycles. The Morgan fingerprint density at radius 1 is 1.40 bits per heavy atom. The number of hydrogen-bond acceptors (Lipinski definition) is 4. The molecular weight excluding hydrogens is 276 g/mol. The fourth-order valence-electron chi connectivity index (χ4n) is 2.64. The smallest absolute Gasteiger partial charge is 0.240 e. The van der Waals surface area contributed by atoms with Crippen molar-refractivity contribution in [3.8, 4) is 0 Å². The van der Waals surface area contributed by atoms with Gasteiger partial charge in [-0.2, -0.15) is 0 Å². The van der Waals surface area contributed by atoms with E-state index in [1.165, 1.54) is 6.07 Å². The number of nitrogens with two attached hydrogens (primary N) is 1. The van der Waals surface area contributed by atoms with E-state index >= 15 is 0 Å². The highest BCUT2D eigenvalue weighted by Crippen LogP contribution is 2.44. The Hall–Kier alpha value is -1.11. The summed E-state index contributed by atoms with van der Waals surface area (Å²) in [6, 6.07) is 6.89. The molecule has 3 N–H and O–H groups in total. The first-order valence-corrected chi connectivity index (χ1v) is 8.31. The van der Waals surface area contributed by atoms with Crippen molar-refractivity contribution in [3.63, 3.8) is 0 Å². The molecule has 0 saturated heterocycles. The number of rotatable bonds is 5. The standard InChI is InChI=1S/C14H22N2O3S/c1-4-19-13-9-12(14(13,2)3)16-10-7-5-6-8-11(10)20(15,17)18/h5-8,12-13,16H,4,9H2,1-3H3,(H2,15,17,18). The van der Waals surface area contributed by atoms with Crippen LogP contribution < -0.4 is 10.5 Å². The average molecular weight is 298 g/mol. The zero-order valence-electron chi connectivity index (χ0n) is 12.1. The summed E-state index contributed by atoms with van der Waals surface area (Å²) in [5.74, 6) is 0. The predicted octanol–water partition coefficient (Wildman–Crippen LogP) is 1.95. The van der Waals surface area contributed by atoms with Gasteiger partial charge in [0.05, 0.1) is 11.8 Å². The van der Waals surface area contributed by atoms with Gasteiger partial charge in [-0.15, -0.1) is 0 Å². The number of primary sulfonamides is 1. The van der Waals surface area contributed by atoms with E-state index < -0.39 is 10.0 Å². The van der Waals surface area contributed by atoms with Gasteiger partial charge in [0, 0.05) is 18.1 Å². The molecule has 1 aromatic rings. The second kappa shape index (κ2) is 5.35. The van der Waals surface area contributed by atoms with Crippen LogP contribution >= 0.6 is 0 Å². The fraction of sp³-hybridized carbons (Fsp3) is 0.571. The number of sulfonamides is 1. The molecule has 1 aliphatic rings. The minimum absolute atomic E-state index is 0.0402. The van der Waals surface area contributed by atoms with Gasteiger partial charge in [-0.1, -0.05) is 26.0 Å². The first-order chi connectivity index (χ1) is 9.26. The summed E-state index contributed by atoms with van der Waals surface area (Å²) < 4.78 is 28.8. The number of nitrogens with one attached hydrogen (secondary N) is 1. The van der Waals surface area contributed by atoms with Crippen molar-refractivity contribution >= 4 is 15.7 Å². The normalized spacial score (nSPS) is 25.0. The molecule has 1 aromatic carbocycles. The summed E-state index contributed by atoms with van der Waals surface area (Å²) in [5.41, 5.74) is 0.518. The van der Waals surface area contributed by atoms with Crippen molar-refractivity contribution in [2.45, 2.75) is 44.2 Å². The Morgan fingerprint density at radius 2 is 2.05 bits per heavy atom. The number of ether oxygens (including phenoxy) is 1. The summed E-state index contributed by atoms with van der Waals surface area (Å²) in [6.07, 6.45) is 1.06. The quantitative estimate of drug-likeness (QED) is 0.870. The number of hydrogen-bond donors (Lipinski definition) is 2. The van der Waals surface area contributed by atoms with Crippen molar-refractivity contribution in [2.75, 3.05) is 11.9 Å². The molecule has 20 heavy (non-hydrogen) atoms. The Kier molecular flexibility index (Phi) is 4.09. The van der Waals surface area contributed by atoms with Crippen LogP contribution in [0.3, 0.4) is 0 Å². The van der Waals surface area contributed by atoms with E-state index in [0.717, 1.165) is 6.42 Å². The van der Waals surface area contributed by atoms with Crippen LogP contribution in [0.15, 0.2) is 29.2 Å². The molecule has 6 heteroatoms. The van der Waals surface area contributed by atoms with Crippen LogP contribution in [0.4, 0.5) is 5.69 Å². The highest BCUT2D eigenvalue weighted by Gasteiger charge is 2.49. The average Bonchev–Trinajstić information content (AvgIpc) is 2.37. The second-order valence-corrected chi connectivity index (χ2v) is 7.27. The van der Waals surface area contributed by atoms with Crippen LogP contribution in [-0.4, -0.2) is 27.2 Å². The van der Waals surface area contributed by atoms with Gasteiger partial charge in [0.15, 0.2) is 0 Å². The highest BCUT2D eigenvalue weighted by atomic mass is 32.2. The van der Waals surface area contributed by atoms with Gasteiger partial charge < -0.3 is 10.1 Å².